The van der Waals surface area contributed by atoms with Gasteiger partial charge in [0.2, 0.25) is 17.8 Å². The number of aryl methyl sites for hydroxylation is 1. The Balaban J connectivity index is 1.57. The van der Waals surface area contributed by atoms with Crippen molar-refractivity contribution in [1.82, 2.24) is 20.6 Å². The van der Waals surface area contributed by atoms with E-state index >= 15 is 0 Å². The van der Waals surface area contributed by atoms with Crippen LogP contribution < -0.4 is 15.5 Å². The number of hydrogen-bond acceptors (Lipinski definition) is 5. The van der Waals surface area contributed by atoms with Crippen molar-refractivity contribution < 1.29 is 9.59 Å². The second-order valence-electron chi connectivity index (χ2n) is 7.26. The molecule has 2 N–H and O–H groups in total. The van der Waals surface area contributed by atoms with E-state index in [0.29, 0.717) is 6.42 Å². The van der Waals surface area contributed by atoms with Gasteiger partial charge in [-0.25, -0.2) is 9.97 Å². The molecule has 28 heavy (non-hydrogen) atoms. The second kappa shape index (κ2) is 9.30. The van der Waals surface area contributed by atoms with Crippen molar-refractivity contribution in [2.75, 3.05) is 18.0 Å². The zero-order chi connectivity index (χ0) is 19.9. The van der Waals surface area contributed by atoms with E-state index in [1.807, 2.05) is 31.2 Å². The van der Waals surface area contributed by atoms with E-state index in [1.165, 1.54) is 6.92 Å². The number of carbonyl (C=O) groups excluding carboxylic acids is 2. The normalized spacial score (nSPS) is 15.7. The van der Waals surface area contributed by atoms with Gasteiger partial charge >= 0.3 is 0 Å². The molecule has 2 aromatic rings. The van der Waals surface area contributed by atoms with Gasteiger partial charge in [0.05, 0.1) is 0 Å². The summed E-state index contributed by atoms with van der Waals surface area (Å²) in [5.41, 5.74) is 2.17. The van der Waals surface area contributed by atoms with Crippen molar-refractivity contribution in [3.8, 4) is 0 Å². The number of hydrogen-bond donors (Lipinski definition) is 2. The van der Waals surface area contributed by atoms with Gasteiger partial charge in [-0.05, 0) is 31.4 Å². The fraction of sp³-hybridized carbons (Fsp3) is 0.429. The molecule has 3 rings (SSSR count). The van der Waals surface area contributed by atoms with Crippen molar-refractivity contribution in [3.63, 3.8) is 0 Å². The summed E-state index contributed by atoms with van der Waals surface area (Å²) in [7, 11) is 0. The monoisotopic (exact) mass is 381 g/mol. The van der Waals surface area contributed by atoms with Crippen LogP contribution >= 0.6 is 0 Å². The zero-order valence-electron chi connectivity index (χ0n) is 16.4. The van der Waals surface area contributed by atoms with Crippen LogP contribution in [0.5, 0.6) is 0 Å². The molecule has 1 aliphatic heterocycles. The lowest BCUT2D eigenvalue weighted by molar-refractivity contribution is -0.128. The molecular weight excluding hydrogens is 354 g/mol. The van der Waals surface area contributed by atoms with Crippen molar-refractivity contribution in [2.24, 2.45) is 0 Å². The van der Waals surface area contributed by atoms with Crippen LogP contribution in [0, 0.1) is 6.92 Å². The number of aromatic nitrogens is 2. The Morgan fingerprint density at radius 1 is 1.18 bits per heavy atom. The number of benzene rings is 1. The molecule has 1 atom stereocenters. The number of nitrogens with one attached hydrogen (secondary N) is 2. The summed E-state index contributed by atoms with van der Waals surface area (Å²) in [5, 5.41) is 5.90. The molecule has 1 unspecified atom stereocenters. The van der Waals surface area contributed by atoms with Gasteiger partial charge < -0.3 is 15.5 Å². The van der Waals surface area contributed by atoms with Crippen molar-refractivity contribution in [3.05, 3.63) is 53.9 Å². The fourth-order valence-corrected chi connectivity index (χ4v) is 3.51. The third-order valence-electron chi connectivity index (χ3n) is 4.89. The molecule has 1 aromatic heterocycles. The van der Waals surface area contributed by atoms with E-state index < -0.39 is 6.04 Å². The minimum atomic E-state index is -0.574. The van der Waals surface area contributed by atoms with Gasteiger partial charge in [0.1, 0.15) is 6.04 Å². The molecule has 0 spiro atoms. The summed E-state index contributed by atoms with van der Waals surface area (Å²) in [5.74, 6) is 0.387. The summed E-state index contributed by atoms with van der Waals surface area (Å²) in [6, 6.07) is 9.31. The highest BCUT2D eigenvalue weighted by Gasteiger charge is 2.26. The summed E-state index contributed by atoms with van der Waals surface area (Å²) in [6.45, 7) is 5.03. The standard InChI is InChI=1S/C21H27N5O2/c1-15-5-3-6-17(13-15)14-19(24-16(2)27)20(28)25-18-7-11-26(12-8-18)21-22-9-4-10-23-21/h3-6,9-10,13,18-19H,7-8,11-12,14H2,1-2H3,(H,24,27)(H,25,28). The Kier molecular flexibility index (Phi) is 6.57. The molecule has 2 amide bonds. The number of piperidine rings is 1. The summed E-state index contributed by atoms with van der Waals surface area (Å²) in [6.07, 6.45) is 5.59. The molecule has 0 radical (unpaired) electrons. The lowest BCUT2D eigenvalue weighted by atomic mass is 10.0. The molecule has 1 aromatic carbocycles. The quantitative estimate of drug-likeness (QED) is 0.794. The summed E-state index contributed by atoms with van der Waals surface area (Å²) in [4.78, 5) is 35.1. The Bertz CT molecular complexity index is 803. The van der Waals surface area contributed by atoms with Gasteiger partial charge in [-0.3, -0.25) is 9.59 Å². The smallest absolute Gasteiger partial charge is 0.243 e. The molecule has 0 saturated carbocycles. The maximum Gasteiger partial charge on any atom is 0.243 e. The van der Waals surface area contributed by atoms with E-state index in [0.717, 1.165) is 43.0 Å². The Hall–Kier alpha value is -2.96. The van der Waals surface area contributed by atoms with E-state index in [-0.39, 0.29) is 17.9 Å². The van der Waals surface area contributed by atoms with Gasteiger partial charge in [-0.2, -0.15) is 0 Å². The molecule has 1 saturated heterocycles. The van der Waals surface area contributed by atoms with Crippen molar-refractivity contribution in [2.45, 2.75) is 45.2 Å². The number of amides is 2. The highest BCUT2D eigenvalue weighted by molar-refractivity contribution is 5.87. The zero-order valence-corrected chi connectivity index (χ0v) is 16.4. The van der Waals surface area contributed by atoms with Crippen LogP contribution in [0.2, 0.25) is 0 Å². The van der Waals surface area contributed by atoms with E-state index in [9.17, 15) is 9.59 Å². The van der Waals surface area contributed by atoms with Crippen LogP contribution in [-0.2, 0) is 16.0 Å². The van der Waals surface area contributed by atoms with E-state index in [2.05, 4.69) is 25.5 Å². The topological polar surface area (TPSA) is 87.2 Å². The van der Waals surface area contributed by atoms with Crippen LogP contribution in [-0.4, -0.2) is 47.0 Å². The first kappa shape index (κ1) is 19.8. The number of rotatable bonds is 6. The Labute approximate surface area is 165 Å². The Morgan fingerprint density at radius 3 is 2.54 bits per heavy atom. The van der Waals surface area contributed by atoms with Gasteiger partial charge in [0, 0.05) is 44.9 Å². The summed E-state index contributed by atoms with van der Waals surface area (Å²) >= 11 is 0. The first-order chi connectivity index (χ1) is 13.5. The van der Waals surface area contributed by atoms with E-state index in [1.54, 1.807) is 18.5 Å². The van der Waals surface area contributed by atoms with Gasteiger partial charge in [-0.15, -0.1) is 0 Å². The lowest BCUT2D eigenvalue weighted by Gasteiger charge is -2.33. The SMILES string of the molecule is CC(=O)NC(Cc1cccc(C)c1)C(=O)NC1CCN(c2ncccn2)CC1. The molecule has 1 aliphatic rings. The minimum Gasteiger partial charge on any atom is -0.351 e. The largest absolute Gasteiger partial charge is 0.351 e. The second-order valence-corrected chi connectivity index (χ2v) is 7.26. The maximum atomic E-state index is 12.8. The summed E-state index contributed by atoms with van der Waals surface area (Å²) < 4.78 is 0. The molecule has 7 heteroatoms. The van der Waals surface area contributed by atoms with Crippen molar-refractivity contribution in [1.29, 1.82) is 0 Å². The highest BCUT2D eigenvalue weighted by atomic mass is 16.2. The van der Waals surface area contributed by atoms with Gasteiger partial charge in [0.25, 0.3) is 0 Å². The molecule has 7 nitrogen and oxygen atoms in total. The third-order valence-corrected chi connectivity index (χ3v) is 4.89. The average Bonchev–Trinajstić information content (AvgIpc) is 2.68. The van der Waals surface area contributed by atoms with Crippen LogP contribution in [0.15, 0.2) is 42.7 Å². The molecule has 0 aliphatic carbocycles. The number of nitrogens with zero attached hydrogens (tertiary/aromatic N) is 3. The van der Waals surface area contributed by atoms with Crippen molar-refractivity contribution >= 4 is 17.8 Å². The van der Waals surface area contributed by atoms with Crippen LogP contribution in [0.3, 0.4) is 0 Å². The Morgan fingerprint density at radius 2 is 1.89 bits per heavy atom. The van der Waals surface area contributed by atoms with E-state index in [4.69, 9.17) is 0 Å². The number of carbonyl (C=O) groups is 2. The highest BCUT2D eigenvalue weighted by Crippen LogP contribution is 2.16. The third kappa shape index (κ3) is 5.52. The molecule has 2 heterocycles. The molecule has 1 fully saturated rings. The van der Waals surface area contributed by atoms with Crippen LogP contribution in [0.1, 0.15) is 30.9 Å². The molecular formula is C21H27N5O2. The van der Waals surface area contributed by atoms with Crippen LogP contribution in [0.25, 0.3) is 0 Å². The lowest BCUT2D eigenvalue weighted by Crippen LogP contribution is -2.52. The average molecular weight is 381 g/mol. The predicted molar refractivity (Wildman–Crippen MR) is 108 cm³/mol. The number of anilines is 1. The first-order valence-electron chi connectivity index (χ1n) is 9.66. The molecule has 148 valence electrons. The van der Waals surface area contributed by atoms with Gasteiger partial charge in [-0.1, -0.05) is 29.8 Å². The van der Waals surface area contributed by atoms with Crippen LogP contribution in [0.4, 0.5) is 5.95 Å². The predicted octanol–water partition coefficient (Wildman–Crippen LogP) is 1.62. The fourth-order valence-electron chi connectivity index (χ4n) is 3.51. The first-order valence-corrected chi connectivity index (χ1v) is 9.66. The maximum absolute atomic E-state index is 12.8. The van der Waals surface area contributed by atoms with Gasteiger partial charge in [0.15, 0.2) is 0 Å². The minimum absolute atomic E-state index is 0.0845. The molecule has 0 bridgehead atoms.